The average Bonchev–Trinajstić information content (AvgIpc) is 2.80. The zero-order chi connectivity index (χ0) is 23.5. The summed E-state index contributed by atoms with van der Waals surface area (Å²) < 4.78 is 0.986. The lowest BCUT2D eigenvalue weighted by Gasteiger charge is -2.37. The molecule has 3 aromatic rings. The second kappa shape index (κ2) is 9.91. The molecule has 1 aromatic heterocycles. The molecule has 6 nitrogen and oxygen atoms in total. The number of rotatable bonds is 4. The van der Waals surface area contributed by atoms with Gasteiger partial charge in [-0.15, -0.1) is 0 Å². The summed E-state index contributed by atoms with van der Waals surface area (Å²) in [4.78, 5) is 26.8. The first kappa shape index (κ1) is 23.2. The van der Waals surface area contributed by atoms with Gasteiger partial charge in [0.2, 0.25) is 0 Å². The van der Waals surface area contributed by atoms with Gasteiger partial charge < -0.3 is 15.1 Å². The molecule has 0 unspecified atom stereocenters. The van der Waals surface area contributed by atoms with Crippen LogP contribution in [0.2, 0.25) is 0 Å². The summed E-state index contributed by atoms with van der Waals surface area (Å²) in [5, 5.41) is 2.99. The molecule has 172 valence electrons. The molecule has 0 aliphatic carbocycles. The lowest BCUT2D eigenvalue weighted by Crippen LogP contribution is -2.50. The van der Waals surface area contributed by atoms with Gasteiger partial charge >= 0.3 is 6.03 Å². The number of anilines is 2. The summed E-state index contributed by atoms with van der Waals surface area (Å²) in [6.07, 6.45) is 0. The fraction of sp³-hybridized carbons (Fsp3) is 0.346. The summed E-state index contributed by atoms with van der Waals surface area (Å²) in [6, 6.07) is 15.9. The molecular formula is C26H30BrN5O. The Morgan fingerprint density at radius 3 is 2.18 bits per heavy atom. The van der Waals surface area contributed by atoms with Crippen LogP contribution in [0.3, 0.4) is 0 Å². The van der Waals surface area contributed by atoms with E-state index >= 15 is 0 Å². The van der Waals surface area contributed by atoms with E-state index in [0.717, 1.165) is 46.1 Å². The molecule has 0 bridgehead atoms. The van der Waals surface area contributed by atoms with Crippen LogP contribution in [0.25, 0.3) is 11.4 Å². The van der Waals surface area contributed by atoms with Crippen molar-refractivity contribution < 1.29 is 4.79 Å². The lowest BCUT2D eigenvalue weighted by atomic mass is 10.0. The third-order valence-electron chi connectivity index (χ3n) is 5.97. The quantitative estimate of drug-likeness (QED) is 0.470. The maximum Gasteiger partial charge on any atom is 0.321 e. The number of aryl methyl sites for hydroxylation is 2. The molecule has 0 saturated carbocycles. The van der Waals surface area contributed by atoms with E-state index in [9.17, 15) is 4.79 Å². The minimum atomic E-state index is -0.0692. The Hall–Kier alpha value is -2.93. The molecule has 0 radical (unpaired) electrons. The van der Waals surface area contributed by atoms with Crippen LogP contribution in [0.15, 0.2) is 53.0 Å². The molecule has 1 fully saturated rings. The number of carbonyl (C=O) groups excluding carboxylic acids is 1. The maximum absolute atomic E-state index is 12.8. The molecule has 2 amide bonds. The van der Waals surface area contributed by atoms with E-state index in [0.29, 0.717) is 19.0 Å². The van der Waals surface area contributed by atoms with Crippen molar-refractivity contribution in [2.75, 3.05) is 36.4 Å². The zero-order valence-electron chi connectivity index (χ0n) is 19.6. The minimum absolute atomic E-state index is 0.0692. The Balaban J connectivity index is 1.52. The van der Waals surface area contributed by atoms with E-state index in [1.165, 1.54) is 11.1 Å². The summed E-state index contributed by atoms with van der Waals surface area (Å²) >= 11 is 3.42. The van der Waals surface area contributed by atoms with Gasteiger partial charge in [-0.3, -0.25) is 0 Å². The number of benzene rings is 2. The molecule has 2 aromatic carbocycles. The third-order valence-corrected chi connectivity index (χ3v) is 6.49. The Labute approximate surface area is 204 Å². The highest BCUT2D eigenvalue weighted by Gasteiger charge is 2.26. The van der Waals surface area contributed by atoms with Crippen LogP contribution >= 0.6 is 15.9 Å². The Morgan fingerprint density at radius 2 is 1.58 bits per heavy atom. The van der Waals surface area contributed by atoms with Crippen LogP contribution in [0.1, 0.15) is 36.6 Å². The number of nitrogens with one attached hydrogen (secondary N) is 1. The van der Waals surface area contributed by atoms with Gasteiger partial charge in [-0.2, -0.15) is 0 Å². The van der Waals surface area contributed by atoms with E-state index in [2.05, 4.69) is 78.1 Å². The van der Waals surface area contributed by atoms with Crippen LogP contribution in [0.4, 0.5) is 16.3 Å². The SMILES string of the molecule is Cc1ccc(-c2nc(C)c(C(C)C)c(N3CCN(C(=O)Nc4ccc(Br)cc4)CC3)n2)cc1. The summed E-state index contributed by atoms with van der Waals surface area (Å²) in [5.41, 5.74) is 5.22. The normalized spacial score (nSPS) is 14.0. The summed E-state index contributed by atoms with van der Waals surface area (Å²) in [7, 11) is 0. The summed E-state index contributed by atoms with van der Waals surface area (Å²) in [6.45, 7) is 11.3. The monoisotopic (exact) mass is 507 g/mol. The van der Waals surface area contributed by atoms with E-state index in [1.54, 1.807) is 0 Å². The number of hydrogen-bond donors (Lipinski definition) is 1. The number of piperazine rings is 1. The molecule has 1 aliphatic heterocycles. The Morgan fingerprint density at radius 1 is 0.939 bits per heavy atom. The highest BCUT2D eigenvalue weighted by Crippen LogP contribution is 2.31. The van der Waals surface area contributed by atoms with Gasteiger partial charge in [0.25, 0.3) is 0 Å². The molecule has 4 rings (SSSR count). The fourth-order valence-corrected chi connectivity index (χ4v) is 4.44. The highest BCUT2D eigenvalue weighted by molar-refractivity contribution is 9.10. The van der Waals surface area contributed by atoms with Crippen molar-refractivity contribution in [1.82, 2.24) is 14.9 Å². The first-order valence-corrected chi connectivity index (χ1v) is 12.1. The number of nitrogens with zero attached hydrogens (tertiary/aromatic N) is 4. The predicted octanol–water partition coefficient (Wildman–Crippen LogP) is 6.00. The van der Waals surface area contributed by atoms with Crippen molar-refractivity contribution in [3.05, 3.63) is 69.8 Å². The topological polar surface area (TPSA) is 61.4 Å². The first-order chi connectivity index (χ1) is 15.8. The molecular weight excluding hydrogens is 478 g/mol. The number of urea groups is 1. The number of halogens is 1. The largest absolute Gasteiger partial charge is 0.353 e. The fourth-order valence-electron chi connectivity index (χ4n) is 4.17. The maximum atomic E-state index is 12.8. The number of aromatic nitrogens is 2. The van der Waals surface area contributed by atoms with E-state index in [-0.39, 0.29) is 6.03 Å². The summed E-state index contributed by atoms with van der Waals surface area (Å²) in [5.74, 6) is 2.05. The molecule has 33 heavy (non-hydrogen) atoms. The van der Waals surface area contributed by atoms with E-state index < -0.39 is 0 Å². The minimum Gasteiger partial charge on any atom is -0.353 e. The van der Waals surface area contributed by atoms with Crippen LogP contribution in [0.5, 0.6) is 0 Å². The second-order valence-corrected chi connectivity index (χ2v) is 9.72. The molecule has 1 N–H and O–H groups in total. The Kier molecular flexibility index (Phi) is 6.98. The van der Waals surface area contributed by atoms with Gasteiger partial charge in [-0.25, -0.2) is 14.8 Å². The van der Waals surface area contributed by atoms with Gasteiger partial charge in [0.05, 0.1) is 0 Å². The van der Waals surface area contributed by atoms with E-state index in [1.807, 2.05) is 29.2 Å². The van der Waals surface area contributed by atoms with Crippen molar-refractivity contribution in [3.63, 3.8) is 0 Å². The molecule has 0 atom stereocenters. The first-order valence-electron chi connectivity index (χ1n) is 11.3. The van der Waals surface area contributed by atoms with Gasteiger partial charge in [0.1, 0.15) is 5.82 Å². The number of amides is 2. The van der Waals surface area contributed by atoms with Crippen molar-refractivity contribution in [2.45, 2.75) is 33.6 Å². The predicted molar refractivity (Wildman–Crippen MR) is 138 cm³/mol. The third kappa shape index (κ3) is 5.36. The van der Waals surface area contributed by atoms with Gasteiger partial charge in [-0.05, 0) is 44.0 Å². The number of hydrogen-bond acceptors (Lipinski definition) is 4. The van der Waals surface area contributed by atoms with Gasteiger partial charge in [0, 0.05) is 53.2 Å². The number of carbonyl (C=O) groups is 1. The smallest absolute Gasteiger partial charge is 0.321 e. The van der Waals surface area contributed by atoms with Crippen LogP contribution in [-0.2, 0) is 0 Å². The molecule has 1 aliphatic rings. The van der Waals surface area contributed by atoms with Crippen LogP contribution in [-0.4, -0.2) is 47.1 Å². The van der Waals surface area contributed by atoms with Crippen LogP contribution in [0, 0.1) is 13.8 Å². The highest BCUT2D eigenvalue weighted by atomic mass is 79.9. The van der Waals surface area contributed by atoms with Gasteiger partial charge in [0.15, 0.2) is 5.82 Å². The Bertz CT molecular complexity index is 1120. The zero-order valence-corrected chi connectivity index (χ0v) is 21.2. The van der Waals surface area contributed by atoms with Gasteiger partial charge in [-0.1, -0.05) is 59.6 Å². The van der Waals surface area contributed by atoms with Crippen molar-refractivity contribution in [1.29, 1.82) is 0 Å². The molecule has 0 spiro atoms. The van der Waals surface area contributed by atoms with Crippen LogP contribution < -0.4 is 10.2 Å². The van der Waals surface area contributed by atoms with Crippen molar-refractivity contribution in [2.24, 2.45) is 0 Å². The lowest BCUT2D eigenvalue weighted by molar-refractivity contribution is 0.208. The van der Waals surface area contributed by atoms with E-state index in [4.69, 9.17) is 9.97 Å². The molecule has 7 heteroatoms. The molecule has 2 heterocycles. The standard InChI is InChI=1S/C26H30BrN5O/c1-17(2)23-19(4)28-24(20-7-5-18(3)6-8-20)30-25(23)31-13-15-32(16-14-31)26(33)29-22-11-9-21(27)10-12-22/h5-12,17H,13-16H2,1-4H3,(H,29,33). The van der Waals surface area contributed by atoms with Crippen molar-refractivity contribution >= 4 is 33.5 Å². The average molecular weight is 508 g/mol. The second-order valence-electron chi connectivity index (χ2n) is 8.80. The molecule has 1 saturated heterocycles. The van der Waals surface area contributed by atoms with Crippen molar-refractivity contribution in [3.8, 4) is 11.4 Å².